The summed E-state index contributed by atoms with van der Waals surface area (Å²) in [7, 11) is 0. The second-order valence-corrected chi connectivity index (χ2v) is 21.3. The van der Waals surface area contributed by atoms with Crippen molar-refractivity contribution in [2.45, 2.75) is 20.3 Å². The van der Waals surface area contributed by atoms with E-state index in [0.717, 1.165) is 23.7 Å². The van der Waals surface area contributed by atoms with E-state index in [2.05, 4.69) is 87.3 Å². The molecule has 4 bridgehead atoms. The van der Waals surface area contributed by atoms with Crippen LogP contribution in [0.25, 0.3) is 0 Å². The zero-order chi connectivity index (χ0) is 12.1. The molecule has 27 heavy (non-hydrogen) atoms. The summed E-state index contributed by atoms with van der Waals surface area (Å²) in [5.41, 5.74) is 0. The van der Waals surface area contributed by atoms with Crippen molar-refractivity contribution in [3.63, 3.8) is 0 Å². The van der Waals surface area contributed by atoms with Gasteiger partial charge in [0, 0.05) is 0 Å². The Balaban J connectivity index is -0.0000000227. The Kier molecular flexibility index (Phi) is 69.7. The van der Waals surface area contributed by atoms with Crippen LogP contribution in [0.4, 0.5) is 0 Å². The first-order valence-electron chi connectivity index (χ1n) is 5.87. The van der Waals surface area contributed by atoms with E-state index in [1.54, 1.807) is 0 Å². The van der Waals surface area contributed by atoms with Crippen molar-refractivity contribution in [2.24, 2.45) is 23.7 Å². The maximum absolute atomic E-state index is 2.39. The van der Waals surface area contributed by atoms with Crippen molar-refractivity contribution in [1.29, 1.82) is 0 Å². The first kappa shape index (κ1) is 57.0. The second-order valence-electron chi connectivity index (χ2n) is 4.71. The molecule has 4 rings (SSSR count). The molecular formula is C22H41I2LiPt2. The molecular weight excluding hydrogens is 915 g/mol. The number of halogens is 2. The van der Waals surface area contributed by atoms with E-state index in [9.17, 15) is 0 Å². The van der Waals surface area contributed by atoms with Gasteiger partial charge in [0.15, 0.2) is 0 Å². The monoisotopic (exact) mass is 956 g/mol. The summed E-state index contributed by atoms with van der Waals surface area (Å²) in [6.07, 6.45) is 21.1. The van der Waals surface area contributed by atoms with E-state index in [-0.39, 0.29) is 99.3 Å². The van der Waals surface area contributed by atoms with E-state index in [0.29, 0.717) is 11.2 Å². The molecule has 0 spiro atoms. The van der Waals surface area contributed by atoms with Crippen LogP contribution in [0.5, 0.6) is 0 Å². The van der Waals surface area contributed by atoms with Gasteiger partial charge in [0.1, 0.15) is 0 Å². The number of rotatable bonds is 0. The molecule has 0 aromatic carbocycles. The number of hydrogen-bond acceptors (Lipinski definition) is 0. The van der Waals surface area contributed by atoms with Gasteiger partial charge in [0.25, 0.3) is 0 Å². The molecule has 0 nitrogen and oxygen atoms in total. The van der Waals surface area contributed by atoms with Gasteiger partial charge in [-0.15, -0.1) is 0 Å². The molecule has 0 aromatic rings. The summed E-state index contributed by atoms with van der Waals surface area (Å²) in [6.45, 7) is 0. The van der Waals surface area contributed by atoms with E-state index in [1.807, 2.05) is 0 Å². The van der Waals surface area contributed by atoms with Crippen LogP contribution in [0, 0.1) is 75.7 Å². The first-order valence-corrected chi connectivity index (χ1v) is 18.8. The first-order chi connectivity index (χ1) is 8.31. The molecule has 0 N–H and O–H groups in total. The van der Waals surface area contributed by atoms with Crippen LogP contribution in [0.15, 0.2) is 48.6 Å². The van der Waals surface area contributed by atoms with Gasteiger partial charge in [-0.1, -0.05) is 56.0 Å². The molecule has 5 heteroatoms. The van der Waals surface area contributed by atoms with Gasteiger partial charge >= 0.3 is 89.8 Å². The molecule has 0 heterocycles. The number of allylic oxidation sites excluding steroid dienone is 8. The fraction of sp³-hybridized carbons (Fsp3) is 0.318. The number of hydrogen-bond donors (Lipinski definition) is 0. The summed E-state index contributed by atoms with van der Waals surface area (Å²) in [6, 6.07) is 0. The van der Waals surface area contributed by atoms with Crippen molar-refractivity contribution < 1.29 is 51.1 Å². The minimum absolute atomic E-state index is 0. The Morgan fingerprint density at radius 1 is 0.519 bits per heavy atom. The molecule has 0 aromatic heterocycles. The summed E-state index contributed by atoms with van der Waals surface area (Å²) >= 11 is 5.30. The largest absolute Gasteiger partial charge is 4.00 e. The average Bonchev–Trinajstić information content (AvgIpc) is 3.13. The van der Waals surface area contributed by atoms with Crippen molar-refractivity contribution in [3.8, 4) is 0 Å². The maximum Gasteiger partial charge on any atom is 4.00 e. The van der Waals surface area contributed by atoms with Crippen LogP contribution in [0.1, 0.15) is 20.3 Å². The van der Waals surface area contributed by atoms with Crippen LogP contribution >= 0.6 is 38.7 Å². The summed E-state index contributed by atoms with van der Waals surface area (Å²) in [4.78, 5) is 0. The Hall–Kier alpha value is 2.39. The van der Waals surface area contributed by atoms with Gasteiger partial charge in [0.05, 0.1) is 0 Å². The Labute approximate surface area is 231 Å². The van der Waals surface area contributed by atoms with E-state index >= 15 is 0 Å². The fourth-order valence-corrected chi connectivity index (χ4v) is 2.66. The molecule has 0 unspecified atom stereocenters. The minimum Gasteiger partial charge on any atom is 1.00 e. The van der Waals surface area contributed by atoms with Gasteiger partial charge in [0.2, 0.25) is 0 Å². The average molecular weight is 956 g/mol. The van der Waals surface area contributed by atoms with Crippen molar-refractivity contribution >= 4 is 38.7 Å². The molecule has 0 fully saturated rings. The summed E-state index contributed by atoms with van der Waals surface area (Å²) in [5, 5.41) is 0. The third-order valence-corrected chi connectivity index (χ3v) is 3.51. The van der Waals surface area contributed by atoms with Gasteiger partial charge in [-0.2, -0.15) is 0 Å². The molecule has 0 saturated heterocycles. The molecule has 4 aliphatic carbocycles. The van der Waals surface area contributed by atoms with Gasteiger partial charge < -0.3 is 52.0 Å². The van der Waals surface area contributed by atoms with Crippen LogP contribution in [-0.4, -0.2) is 0 Å². The fourth-order valence-electron chi connectivity index (χ4n) is 2.66. The van der Waals surface area contributed by atoms with Crippen LogP contribution < -0.4 is 18.9 Å². The zero-order valence-electron chi connectivity index (χ0n) is 17.7. The van der Waals surface area contributed by atoms with E-state index < -0.39 is 0 Å². The summed E-state index contributed by atoms with van der Waals surface area (Å²) in [5.74, 6) is 3.24. The predicted octanol–water partition coefficient (Wildman–Crippen LogP) is 6.06. The molecule has 0 amide bonds. The normalized spacial score (nSPS) is 23.3. The number of fused-ring (bicyclic) bond motifs is 4. The maximum atomic E-state index is 2.39. The third kappa shape index (κ3) is 21.4. The van der Waals surface area contributed by atoms with E-state index in [4.69, 9.17) is 0 Å². The van der Waals surface area contributed by atoms with Crippen molar-refractivity contribution in [1.82, 2.24) is 0 Å². The van der Waals surface area contributed by atoms with Crippen LogP contribution in [-0.2, 0) is 32.3 Å². The zero-order valence-corrected chi connectivity index (χ0v) is 26.6. The quantitative estimate of drug-likeness (QED) is 0.120. The minimum atomic E-state index is 0. The molecule has 164 valence electrons. The molecule has 0 radical (unpaired) electrons. The SMILES string of the molecule is C.C1=CC2C=CC1C2.C1=CC2C=CC1C2.[CH3-].[CH3-].[CH3-].[CH3-].[CH3-].[CH3-].[CH3-].[I][Pt+2][I].[Li+].[Pt+4]. The molecule has 0 atom stereocenters. The second kappa shape index (κ2) is 33.0. The van der Waals surface area contributed by atoms with Gasteiger partial charge in [-0.05, 0) is 36.5 Å². The van der Waals surface area contributed by atoms with E-state index in [1.165, 1.54) is 12.8 Å². The Bertz CT molecular complexity index is 279. The predicted molar refractivity (Wildman–Crippen MR) is 139 cm³/mol. The van der Waals surface area contributed by atoms with Crippen LogP contribution in [0.2, 0.25) is 0 Å². The topological polar surface area (TPSA) is 0 Å². The van der Waals surface area contributed by atoms with Crippen molar-refractivity contribution in [2.75, 3.05) is 0 Å². The molecule has 4 aliphatic rings. The Morgan fingerprint density at radius 3 is 0.667 bits per heavy atom. The third-order valence-electron chi connectivity index (χ3n) is 3.51. The Morgan fingerprint density at radius 2 is 0.630 bits per heavy atom. The summed E-state index contributed by atoms with van der Waals surface area (Å²) < 4.78 is 0. The van der Waals surface area contributed by atoms with Gasteiger partial charge in [-0.25, -0.2) is 0 Å². The smallest absolute Gasteiger partial charge is 1.00 e. The standard InChI is InChI=1S/2C7H8.CH4.7CH3.2HI.Li.2Pt/c2*1-2-7-4-3-6(1)5-7;;;;;;;;;;;;;/h2*1-4,6-7H,5H2;1H4;7*1H3;2*1H;;;/q;;;7*-1;;;+1;2*+4/p-2. The van der Waals surface area contributed by atoms with Crippen LogP contribution in [0.3, 0.4) is 0 Å². The molecule has 0 aliphatic heterocycles. The molecule has 0 saturated carbocycles. The van der Waals surface area contributed by atoms with Crippen molar-refractivity contribution in [3.05, 3.63) is 101 Å². The van der Waals surface area contributed by atoms with Gasteiger partial charge in [-0.3, -0.25) is 0 Å².